The number of carbonyl (C=O) groups excluding carboxylic acids is 2. The third-order valence-corrected chi connectivity index (χ3v) is 5.90. The van der Waals surface area contributed by atoms with Crippen LogP contribution >= 0.6 is 11.3 Å². The Balaban J connectivity index is 1.51. The van der Waals surface area contributed by atoms with Crippen LogP contribution in [0.15, 0.2) is 60.0 Å². The van der Waals surface area contributed by atoms with Crippen LogP contribution in [0.3, 0.4) is 0 Å². The summed E-state index contributed by atoms with van der Waals surface area (Å²) in [4.78, 5) is 48.0. The number of Topliss-reactive ketones (excluding diaryl/α,β-unsaturated/α-hetero) is 1. The minimum absolute atomic E-state index is 0.00630. The third kappa shape index (κ3) is 7.12. The number of fused-ring (bicyclic) bond motifs is 1. The molecule has 0 fully saturated rings. The fraction of sp³-hybridized carbons (Fsp3) is 0.240. The number of nitrogens with zero attached hydrogens (tertiary/aromatic N) is 5. The molecule has 11 nitrogen and oxygen atoms in total. The van der Waals surface area contributed by atoms with E-state index in [1.807, 2.05) is 7.05 Å². The number of rotatable bonds is 12. The Morgan fingerprint density at radius 2 is 1.78 bits per heavy atom. The molecule has 1 amide bonds. The molecule has 0 aliphatic rings. The molecule has 2 N–H and O–H groups in total. The number of aromatic nitrogens is 4. The van der Waals surface area contributed by atoms with Gasteiger partial charge >= 0.3 is 0 Å². The van der Waals surface area contributed by atoms with Gasteiger partial charge in [0.1, 0.15) is 10.3 Å². The van der Waals surface area contributed by atoms with Crippen molar-refractivity contribution < 1.29 is 19.2 Å². The Hall–Kier alpha value is -4.29. The molecule has 0 unspecified atom stereocenters. The molecule has 190 valence electrons. The van der Waals surface area contributed by atoms with Crippen LogP contribution in [0.5, 0.6) is 5.88 Å². The molecule has 0 atom stereocenters. The van der Waals surface area contributed by atoms with Crippen molar-refractivity contribution in [1.82, 2.24) is 25.3 Å². The van der Waals surface area contributed by atoms with E-state index in [1.165, 1.54) is 18.3 Å². The zero-order valence-electron chi connectivity index (χ0n) is 20.3. The number of hydrogen-bond donors (Lipinski definition) is 2. The summed E-state index contributed by atoms with van der Waals surface area (Å²) >= 11 is 1.22. The van der Waals surface area contributed by atoms with Crippen molar-refractivity contribution in [2.24, 2.45) is 5.16 Å². The molecule has 0 aliphatic carbocycles. The summed E-state index contributed by atoms with van der Waals surface area (Å²) in [7, 11) is 1.89. The summed E-state index contributed by atoms with van der Waals surface area (Å²) in [5.41, 5.74) is 1.62. The molecule has 0 radical (unpaired) electrons. The van der Waals surface area contributed by atoms with Gasteiger partial charge in [0.2, 0.25) is 5.88 Å². The first kappa shape index (κ1) is 25.8. The van der Waals surface area contributed by atoms with Crippen LogP contribution in [0.2, 0.25) is 0 Å². The lowest BCUT2D eigenvalue weighted by atomic mass is 10.1. The van der Waals surface area contributed by atoms with Gasteiger partial charge in [-0.3, -0.25) is 14.9 Å². The number of anilines is 1. The molecule has 4 rings (SSSR count). The van der Waals surface area contributed by atoms with Crippen LogP contribution in [0.4, 0.5) is 5.13 Å². The minimum atomic E-state index is -0.535. The summed E-state index contributed by atoms with van der Waals surface area (Å²) in [5.74, 6) is 0.292. The summed E-state index contributed by atoms with van der Waals surface area (Å²) in [5, 5.41) is 10.2. The number of ketones is 1. The van der Waals surface area contributed by atoms with E-state index in [9.17, 15) is 9.59 Å². The highest BCUT2D eigenvalue weighted by atomic mass is 32.1. The van der Waals surface area contributed by atoms with Crippen molar-refractivity contribution in [3.8, 4) is 5.88 Å². The number of benzene rings is 1. The summed E-state index contributed by atoms with van der Waals surface area (Å²) < 4.78 is 5.68. The van der Waals surface area contributed by atoms with Crippen molar-refractivity contribution in [3.05, 3.63) is 71.8 Å². The SMILES string of the molecule is CNCCCOc1ccc2nc(NC(=O)/C(=N\OCc3ncccn3)c3ccc(C(C)=O)cc3)sc2n1. The molecule has 0 bridgehead atoms. The maximum absolute atomic E-state index is 13.2. The molecule has 37 heavy (non-hydrogen) atoms. The molecular formula is C25H25N7O4S. The normalized spacial score (nSPS) is 11.4. The van der Waals surface area contributed by atoms with Gasteiger partial charge in [0.25, 0.3) is 5.91 Å². The number of amides is 1. The van der Waals surface area contributed by atoms with Gasteiger partial charge in [0.05, 0.1) is 6.61 Å². The molecule has 0 spiro atoms. The first-order valence-corrected chi connectivity index (χ1v) is 12.3. The van der Waals surface area contributed by atoms with Crippen LogP contribution in [0, 0.1) is 0 Å². The lowest BCUT2D eigenvalue weighted by Crippen LogP contribution is -2.24. The second kappa shape index (κ2) is 12.6. The monoisotopic (exact) mass is 519 g/mol. The quantitative estimate of drug-likeness (QED) is 0.125. The van der Waals surface area contributed by atoms with E-state index in [1.54, 1.807) is 54.9 Å². The number of thiazole rings is 1. The highest BCUT2D eigenvalue weighted by Gasteiger charge is 2.19. The van der Waals surface area contributed by atoms with E-state index in [4.69, 9.17) is 9.57 Å². The Morgan fingerprint density at radius 1 is 1.03 bits per heavy atom. The van der Waals surface area contributed by atoms with E-state index in [2.05, 4.69) is 35.7 Å². The van der Waals surface area contributed by atoms with Gasteiger partial charge in [0.15, 0.2) is 29.1 Å². The van der Waals surface area contributed by atoms with Gasteiger partial charge in [-0.1, -0.05) is 40.8 Å². The lowest BCUT2D eigenvalue weighted by molar-refractivity contribution is -0.110. The van der Waals surface area contributed by atoms with Gasteiger partial charge in [-0.05, 0) is 39.1 Å². The van der Waals surface area contributed by atoms with Crippen molar-refractivity contribution in [3.63, 3.8) is 0 Å². The minimum Gasteiger partial charge on any atom is -0.478 e. The lowest BCUT2D eigenvalue weighted by Gasteiger charge is -2.07. The number of nitrogens with one attached hydrogen (secondary N) is 2. The van der Waals surface area contributed by atoms with Crippen LogP contribution in [-0.4, -0.2) is 57.5 Å². The molecule has 1 aromatic carbocycles. The Bertz CT molecular complexity index is 1390. The van der Waals surface area contributed by atoms with Crippen LogP contribution in [0.25, 0.3) is 10.3 Å². The number of oxime groups is 1. The van der Waals surface area contributed by atoms with Crippen molar-refractivity contribution in [2.75, 3.05) is 25.5 Å². The number of pyridine rings is 1. The topological polar surface area (TPSA) is 141 Å². The number of ether oxygens (including phenoxy) is 1. The summed E-state index contributed by atoms with van der Waals surface area (Å²) in [6.07, 6.45) is 4.03. The molecule has 3 heterocycles. The summed E-state index contributed by atoms with van der Waals surface area (Å²) in [6, 6.07) is 11.7. The predicted octanol–water partition coefficient (Wildman–Crippen LogP) is 3.23. The Kier molecular flexibility index (Phi) is 8.79. The summed E-state index contributed by atoms with van der Waals surface area (Å²) in [6.45, 7) is 2.84. The van der Waals surface area contributed by atoms with Crippen molar-refractivity contribution >= 4 is 44.2 Å². The van der Waals surface area contributed by atoms with Gasteiger partial charge in [0, 0.05) is 29.6 Å². The Morgan fingerprint density at radius 3 is 2.51 bits per heavy atom. The fourth-order valence-electron chi connectivity index (χ4n) is 3.16. The van der Waals surface area contributed by atoms with Gasteiger partial charge < -0.3 is 14.9 Å². The molecule has 0 saturated carbocycles. The molecule has 0 saturated heterocycles. The number of hydrogen-bond acceptors (Lipinski definition) is 11. The average Bonchev–Trinajstić information content (AvgIpc) is 3.31. The first-order chi connectivity index (χ1) is 18.0. The van der Waals surface area contributed by atoms with Crippen LogP contribution < -0.4 is 15.4 Å². The van der Waals surface area contributed by atoms with Crippen molar-refractivity contribution in [1.29, 1.82) is 0 Å². The molecule has 3 aromatic heterocycles. The highest BCUT2D eigenvalue weighted by molar-refractivity contribution is 7.22. The van der Waals surface area contributed by atoms with E-state index in [-0.39, 0.29) is 18.1 Å². The van der Waals surface area contributed by atoms with E-state index >= 15 is 0 Å². The average molecular weight is 520 g/mol. The largest absolute Gasteiger partial charge is 0.478 e. The maximum Gasteiger partial charge on any atom is 0.280 e. The zero-order valence-corrected chi connectivity index (χ0v) is 21.1. The van der Waals surface area contributed by atoms with Crippen molar-refractivity contribution in [2.45, 2.75) is 20.0 Å². The van der Waals surface area contributed by atoms with Gasteiger partial charge in [-0.25, -0.2) is 19.9 Å². The highest BCUT2D eigenvalue weighted by Crippen LogP contribution is 2.26. The zero-order chi connectivity index (χ0) is 26.0. The van der Waals surface area contributed by atoms with Crippen LogP contribution in [0.1, 0.15) is 35.1 Å². The first-order valence-electron chi connectivity index (χ1n) is 11.5. The van der Waals surface area contributed by atoms with E-state index in [0.717, 1.165) is 13.0 Å². The molecule has 4 aromatic rings. The standard InChI is InChI=1S/C25H25N7O4S/c1-16(33)17-5-7-18(8-6-17)22(32-36-15-20-27-12-3-13-28-20)23(34)31-25-29-19-9-10-21(30-24(19)37-25)35-14-4-11-26-2/h3,5-10,12-13,26H,4,11,14-15H2,1-2H3,(H,29,31,34)/b32-22-. The van der Waals surface area contributed by atoms with Gasteiger partial charge in [-0.15, -0.1) is 0 Å². The Labute approximate surface area is 217 Å². The fourth-order valence-corrected chi connectivity index (χ4v) is 3.99. The predicted molar refractivity (Wildman–Crippen MR) is 140 cm³/mol. The van der Waals surface area contributed by atoms with Gasteiger partial charge in [-0.2, -0.15) is 0 Å². The molecular weight excluding hydrogens is 494 g/mol. The number of carbonyl (C=O) groups is 2. The van der Waals surface area contributed by atoms with E-state index < -0.39 is 5.91 Å². The smallest absolute Gasteiger partial charge is 0.280 e. The second-order valence-corrected chi connectivity index (χ2v) is 8.74. The third-order valence-electron chi connectivity index (χ3n) is 5.02. The molecule has 0 aliphatic heterocycles. The van der Waals surface area contributed by atoms with E-state index in [0.29, 0.717) is 44.9 Å². The van der Waals surface area contributed by atoms with Crippen LogP contribution in [-0.2, 0) is 16.2 Å². The molecule has 12 heteroatoms. The maximum atomic E-state index is 13.2. The second-order valence-electron chi connectivity index (χ2n) is 7.76.